The number of para-hydroxylation sites is 1. The molecule has 2 fully saturated rings. The van der Waals surface area contributed by atoms with Gasteiger partial charge in [0.05, 0.1) is 29.4 Å². The molecule has 1 saturated heterocycles. The lowest BCUT2D eigenvalue weighted by atomic mass is 9.71. The molecule has 2 N–H and O–H groups in total. The number of fused-ring (bicyclic) bond motifs is 2. The zero-order valence-electron chi connectivity index (χ0n) is 13.8. The van der Waals surface area contributed by atoms with E-state index in [0.717, 1.165) is 43.7 Å². The van der Waals surface area contributed by atoms with E-state index in [4.69, 9.17) is 4.74 Å². The molecule has 23 heavy (non-hydrogen) atoms. The SMILES string of the molecule is CN(C)[C@@H]1[C@@H](NC(=O)c2cccc3c2NCCC3)[C@H]2CCO[C@H]21. The fraction of sp³-hybridized carbons (Fsp3) is 0.611. The van der Waals surface area contributed by atoms with Crippen molar-refractivity contribution in [1.82, 2.24) is 10.2 Å². The third-order valence-corrected chi connectivity index (χ3v) is 5.56. The predicted molar refractivity (Wildman–Crippen MR) is 89.8 cm³/mol. The Labute approximate surface area is 137 Å². The molecular weight excluding hydrogens is 290 g/mol. The van der Waals surface area contributed by atoms with Gasteiger partial charge in [-0.25, -0.2) is 0 Å². The molecule has 124 valence electrons. The number of aryl methyl sites for hydroxylation is 1. The highest BCUT2D eigenvalue weighted by atomic mass is 16.5. The first-order valence-electron chi connectivity index (χ1n) is 8.61. The molecule has 1 amide bonds. The molecular formula is C18H25N3O2. The highest BCUT2D eigenvalue weighted by Gasteiger charge is 2.55. The number of carbonyl (C=O) groups excluding carboxylic acids is 1. The van der Waals surface area contributed by atoms with E-state index in [1.54, 1.807) is 0 Å². The van der Waals surface area contributed by atoms with Gasteiger partial charge in [-0.2, -0.15) is 0 Å². The smallest absolute Gasteiger partial charge is 0.253 e. The van der Waals surface area contributed by atoms with Crippen LogP contribution in [0.2, 0.25) is 0 Å². The third-order valence-electron chi connectivity index (χ3n) is 5.56. The quantitative estimate of drug-likeness (QED) is 0.887. The van der Waals surface area contributed by atoms with Crippen molar-refractivity contribution in [3.05, 3.63) is 29.3 Å². The Morgan fingerprint density at radius 1 is 1.39 bits per heavy atom. The fourth-order valence-corrected chi connectivity index (χ4v) is 4.41. The van der Waals surface area contributed by atoms with Crippen molar-refractivity contribution in [3.63, 3.8) is 0 Å². The van der Waals surface area contributed by atoms with E-state index in [2.05, 4.69) is 35.7 Å². The molecule has 4 atom stereocenters. The lowest BCUT2D eigenvalue weighted by Crippen LogP contribution is -2.69. The number of likely N-dealkylation sites (N-methyl/N-ethyl adjacent to an activating group) is 1. The average Bonchev–Trinajstić information content (AvgIpc) is 2.95. The first-order valence-corrected chi connectivity index (χ1v) is 8.61. The number of ether oxygens (including phenoxy) is 1. The minimum absolute atomic E-state index is 0.0402. The van der Waals surface area contributed by atoms with Crippen molar-refractivity contribution in [2.45, 2.75) is 37.5 Å². The number of hydrogen-bond donors (Lipinski definition) is 2. The Balaban J connectivity index is 1.54. The van der Waals surface area contributed by atoms with Gasteiger partial charge in [-0.05, 0) is 45.0 Å². The van der Waals surface area contributed by atoms with Crippen LogP contribution in [-0.2, 0) is 11.2 Å². The minimum atomic E-state index is 0.0402. The van der Waals surface area contributed by atoms with Crippen molar-refractivity contribution in [3.8, 4) is 0 Å². The number of nitrogens with one attached hydrogen (secondary N) is 2. The average molecular weight is 315 g/mol. The van der Waals surface area contributed by atoms with Gasteiger partial charge < -0.3 is 20.3 Å². The summed E-state index contributed by atoms with van der Waals surface area (Å²) >= 11 is 0. The van der Waals surface area contributed by atoms with E-state index >= 15 is 0 Å². The molecule has 0 unspecified atom stereocenters. The van der Waals surface area contributed by atoms with Gasteiger partial charge in [0.1, 0.15) is 0 Å². The van der Waals surface area contributed by atoms with Crippen molar-refractivity contribution in [1.29, 1.82) is 0 Å². The normalized spacial score (nSPS) is 31.8. The van der Waals surface area contributed by atoms with Gasteiger partial charge in [-0.3, -0.25) is 4.79 Å². The molecule has 4 rings (SSSR count). The van der Waals surface area contributed by atoms with Crippen molar-refractivity contribution in [2.75, 3.05) is 32.6 Å². The molecule has 1 aromatic rings. The first kappa shape index (κ1) is 15.0. The highest BCUT2D eigenvalue weighted by Crippen LogP contribution is 2.41. The van der Waals surface area contributed by atoms with Crippen LogP contribution in [0.15, 0.2) is 18.2 Å². The lowest BCUT2D eigenvalue weighted by Gasteiger charge is -2.50. The molecule has 1 saturated carbocycles. The monoisotopic (exact) mass is 315 g/mol. The molecule has 3 aliphatic rings. The van der Waals surface area contributed by atoms with Crippen LogP contribution >= 0.6 is 0 Å². The van der Waals surface area contributed by atoms with E-state index in [1.807, 2.05) is 12.1 Å². The van der Waals surface area contributed by atoms with Crippen LogP contribution in [0.5, 0.6) is 0 Å². The molecule has 5 nitrogen and oxygen atoms in total. The second kappa shape index (κ2) is 5.80. The van der Waals surface area contributed by atoms with Crippen LogP contribution in [0.4, 0.5) is 5.69 Å². The molecule has 0 radical (unpaired) electrons. The van der Waals surface area contributed by atoms with Crippen LogP contribution in [0.1, 0.15) is 28.8 Å². The van der Waals surface area contributed by atoms with Crippen LogP contribution < -0.4 is 10.6 Å². The highest BCUT2D eigenvalue weighted by molar-refractivity contribution is 6.00. The van der Waals surface area contributed by atoms with E-state index in [1.165, 1.54) is 5.56 Å². The maximum Gasteiger partial charge on any atom is 0.253 e. The van der Waals surface area contributed by atoms with Crippen LogP contribution in [0.25, 0.3) is 0 Å². The summed E-state index contributed by atoms with van der Waals surface area (Å²) in [6, 6.07) is 6.50. The van der Waals surface area contributed by atoms with Gasteiger partial charge in [0.15, 0.2) is 0 Å². The van der Waals surface area contributed by atoms with Crippen LogP contribution in [-0.4, -0.2) is 56.2 Å². The number of amides is 1. The second-order valence-corrected chi connectivity index (χ2v) is 7.11. The van der Waals surface area contributed by atoms with Gasteiger partial charge in [0.25, 0.3) is 5.91 Å². The van der Waals surface area contributed by atoms with E-state index in [0.29, 0.717) is 5.92 Å². The minimum Gasteiger partial charge on any atom is -0.384 e. The molecule has 0 aromatic heterocycles. The molecule has 2 heterocycles. The van der Waals surface area contributed by atoms with Gasteiger partial charge in [0.2, 0.25) is 0 Å². The largest absolute Gasteiger partial charge is 0.384 e. The number of benzene rings is 1. The third kappa shape index (κ3) is 2.42. The topological polar surface area (TPSA) is 53.6 Å². The molecule has 5 heteroatoms. The summed E-state index contributed by atoms with van der Waals surface area (Å²) in [7, 11) is 4.13. The number of nitrogens with zero attached hydrogens (tertiary/aromatic N) is 1. The Hall–Kier alpha value is -1.59. The Morgan fingerprint density at radius 3 is 3.09 bits per heavy atom. The maximum atomic E-state index is 12.9. The second-order valence-electron chi connectivity index (χ2n) is 7.11. The summed E-state index contributed by atoms with van der Waals surface area (Å²) in [5.41, 5.74) is 3.06. The first-order chi connectivity index (χ1) is 11.2. The van der Waals surface area contributed by atoms with Crippen molar-refractivity contribution >= 4 is 11.6 Å². The molecule has 0 bridgehead atoms. The molecule has 1 aromatic carbocycles. The standard InChI is InChI=1S/C18H25N3O2/c1-21(2)16-15(12-8-10-23-17(12)16)20-18(22)13-7-3-5-11-6-4-9-19-14(11)13/h3,5,7,12,15-17,19H,4,6,8-10H2,1-2H3,(H,20,22)/t12-,15+,16-,17-/m1/s1. The zero-order valence-corrected chi connectivity index (χ0v) is 13.8. The van der Waals surface area contributed by atoms with Crippen LogP contribution in [0.3, 0.4) is 0 Å². The van der Waals surface area contributed by atoms with Gasteiger partial charge in [-0.15, -0.1) is 0 Å². The van der Waals surface area contributed by atoms with Gasteiger partial charge in [-0.1, -0.05) is 12.1 Å². The Kier molecular flexibility index (Phi) is 3.77. The Morgan fingerprint density at radius 2 is 2.26 bits per heavy atom. The van der Waals surface area contributed by atoms with E-state index < -0.39 is 0 Å². The Bertz CT molecular complexity index is 616. The van der Waals surface area contributed by atoms with Gasteiger partial charge in [0, 0.05) is 19.1 Å². The summed E-state index contributed by atoms with van der Waals surface area (Å²) < 4.78 is 5.83. The number of rotatable bonds is 3. The van der Waals surface area contributed by atoms with Crippen LogP contribution in [0, 0.1) is 5.92 Å². The van der Waals surface area contributed by atoms with E-state index in [9.17, 15) is 4.79 Å². The summed E-state index contributed by atoms with van der Waals surface area (Å²) in [4.78, 5) is 15.0. The lowest BCUT2D eigenvalue weighted by molar-refractivity contribution is -0.0664. The molecule has 1 aliphatic carbocycles. The molecule has 0 spiro atoms. The fourth-order valence-electron chi connectivity index (χ4n) is 4.41. The maximum absolute atomic E-state index is 12.9. The van der Waals surface area contributed by atoms with Gasteiger partial charge >= 0.3 is 0 Å². The summed E-state index contributed by atoms with van der Waals surface area (Å²) in [6.45, 7) is 1.76. The van der Waals surface area contributed by atoms with Crippen molar-refractivity contribution in [2.24, 2.45) is 5.92 Å². The summed E-state index contributed by atoms with van der Waals surface area (Å²) in [5.74, 6) is 0.497. The molecule has 2 aliphatic heterocycles. The van der Waals surface area contributed by atoms with E-state index in [-0.39, 0.29) is 24.1 Å². The number of carbonyl (C=O) groups is 1. The number of anilines is 1. The predicted octanol–water partition coefficient (Wildman–Crippen LogP) is 1.49. The zero-order chi connectivity index (χ0) is 16.0. The number of hydrogen-bond acceptors (Lipinski definition) is 4. The summed E-state index contributed by atoms with van der Waals surface area (Å²) in [5, 5.41) is 6.69. The van der Waals surface area contributed by atoms with Crippen molar-refractivity contribution < 1.29 is 9.53 Å². The summed E-state index contributed by atoms with van der Waals surface area (Å²) in [6.07, 6.45) is 3.50.